The van der Waals surface area contributed by atoms with Crippen LogP contribution < -0.4 is 0 Å². The number of carbonyl (C=O) groups is 1. The molecule has 0 unspecified atom stereocenters. The summed E-state index contributed by atoms with van der Waals surface area (Å²) in [6.45, 7) is 4.14. The number of aromatic amines is 1. The van der Waals surface area contributed by atoms with Crippen LogP contribution in [0.2, 0.25) is 0 Å². The number of hydrogen-bond donors (Lipinski definition) is 2. The highest BCUT2D eigenvalue weighted by atomic mass is 16.4. The molecule has 6 nitrogen and oxygen atoms in total. The van der Waals surface area contributed by atoms with Gasteiger partial charge in [-0.05, 0) is 30.4 Å². The fourth-order valence-corrected chi connectivity index (χ4v) is 2.93. The van der Waals surface area contributed by atoms with E-state index in [9.17, 15) is 9.90 Å². The van der Waals surface area contributed by atoms with Crippen molar-refractivity contribution in [2.75, 3.05) is 0 Å². The zero-order chi connectivity index (χ0) is 16.7. The Labute approximate surface area is 136 Å². The van der Waals surface area contributed by atoms with E-state index in [0.29, 0.717) is 18.7 Å². The minimum atomic E-state index is -0.802. The number of carboxylic acid groups (broad SMARTS) is 1. The molecule has 2 atom stereocenters. The third kappa shape index (κ3) is 4.61. The second-order valence-corrected chi connectivity index (χ2v) is 5.88. The van der Waals surface area contributed by atoms with Crippen molar-refractivity contribution in [2.45, 2.75) is 51.9 Å². The van der Waals surface area contributed by atoms with Gasteiger partial charge in [-0.2, -0.15) is 5.21 Å². The number of carboxylic acids is 1. The van der Waals surface area contributed by atoms with Crippen molar-refractivity contribution < 1.29 is 9.90 Å². The van der Waals surface area contributed by atoms with Crippen molar-refractivity contribution >= 4 is 5.97 Å². The lowest BCUT2D eigenvalue weighted by atomic mass is 9.83. The largest absolute Gasteiger partial charge is 0.481 e. The van der Waals surface area contributed by atoms with Gasteiger partial charge in [-0.15, -0.1) is 10.2 Å². The average Bonchev–Trinajstić information content (AvgIpc) is 3.06. The van der Waals surface area contributed by atoms with Crippen LogP contribution in [0, 0.1) is 5.92 Å². The Morgan fingerprint density at radius 2 is 1.87 bits per heavy atom. The summed E-state index contributed by atoms with van der Waals surface area (Å²) in [7, 11) is 0. The van der Waals surface area contributed by atoms with E-state index in [4.69, 9.17) is 0 Å². The van der Waals surface area contributed by atoms with Crippen LogP contribution in [0.15, 0.2) is 24.3 Å². The lowest BCUT2D eigenvalue weighted by molar-refractivity contribution is -0.142. The van der Waals surface area contributed by atoms with Crippen LogP contribution in [0.25, 0.3) is 0 Å². The van der Waals surface area contributed by atoms with E-state index >= 15 is 0 Å². The van der Waals surface area contributed by atoms with Gasteiger partial charge in [-0.1, -0.05) is 56.2 Å². The molecule has 1 heterocycles. The minimum absolute atomic E-state index is 0.275. The number of H-pyrrole nitrogens is 1. The average molecular weight is 316 g/mol. The Bertz CT molecular complexity index is 596. The van der Waals surface area contributed by atoms with E-state index in [-0.39, 0.29) is 5.92 Å². The normalized spacial score (nSPS) is 13.7. The maximum absolute atomic E-state index is 11.7. The van der Waals surface area contributed by atoms with E-state index in [2.05, 4.69) is 51.8 Å². The van der Waals surface area contributed by atoms with E-state index in [0.717, 1.165) is 24.8 Å². The first-order chi connectivity index (χ1) is 11.2. The maximum atomic E-state index is 11.7. The molecule has 0 aliphatic rings. The lowest BCUT2D eigenvalue weighted by Gasteiger charge is -2.21. The number of nitrogens with zero attached hydrogens (tertiary/aromatic N) is 3. The first kappa shape index (κ1) is 17.1. The Morgan fingerprint density at radius 3 is 2.39 bits per heavy atom. The van der Waals surface area contributed by atoms with E-state index in [1.54, 1.807) is 0 Å². The number of aliphatic carboxylic acids is 1. The summed E-state index contributed by atoms with van der Waals surface area (Å²) in [5.74, 6) is -1.11. The van der Waals surface area contributed by atoms with Gasteiger partial charge in [0.05, 0.1) is 5.92 Å². The molecule has 1 aromatic carbocycles. The molecule has 2 N–H and O–H groups in total. The summed E-state index contributed by atoms with van der Waals surface area (Å²) in [6, 6.07) is 8.37. The molecule has 0 aliphatic heterocycles. The van der Waals surface area contributed by atoms with E-state index < -0.39 is 11.9 Å². The Kier molecular flexibility index (Phi) is 6.26. The van der Waals surface area contributed by atoms with E-state index in [1.807, 2.05) is 6.92 Å². The highest BCUT2D eigenvalue weighted by Gasteiger charge is 2.31. The van der Waals surface area contributed by atoms with Gasteiger partial charge < -0.3 is 5.11 Å². The van der Waals surface area contributed by atoms with Crippen LogP contribution in [-0.4, -0.2) is 31.7 Å². The van der Waals surface area contributed by atoms with Crippen molar-refractivity contribution in [1.82, 2.24) is 20.6 Å². The van der Waals surface area contributed by atoms with Gasteiger partial charge in [0.1, 0.15) is 0 Å². The van der Waals surface area contributed by atoms with Gasteiger partial charge in [0.25, 0.3) is 0 Å². The lowest BCUT2D eigenvalue weighted by Crippen LogP contribution is -2.25. The molecule has 23 heavy (non-hydrogen) atoms. The second-order valence-electron chi connectivity index (χ2n) is 5.88. The number of tetrazole rings is 1. The zero-order valence-electron chi connectivity index (χ0n) is 13.7. The molecule has 6 heteroatoms. The van der Waals surface area contributed by atoms with Crippen molar-refractivity contribution in [3.63, 3.8) is 0 Å². The van der Waals surface area contributed by atoms with Gasteiger partial charge in [0.2, 0.25) is 0 Å². The molecule has 0 saturated heterocycles. The molecule has 2 aromatic rings. The highest BCUT2D eigenvalue weighted by molar-refractivity contribution is 5.71. The fraction of sp³-hybridized carbons (Fsp3) is 0.529. The van der Waals surface area contributed by atoms with Gasteiger partial charge in [-0.3, -0.25) is 4.79 Å². The van der Waals surface area contributed by atoms with Crippen LogP contribution in [0.3, 0.4) is 0 Å². The van der Waals surface area contributed by atoms with Crippen molar-refractivity contribution in [1.29, 1.82) is 0 Å². The van der Waals surface area contributed by atoms with Gasteiger partial charge >= 0.3 is 5.97 Å². The van der Waals surface area contributed by atoms with Crippen LogP contribution in [0.5, 0.6) is 0 Å². The zero-order valence-corrected chi connectivity index (χ0v) is 13.7. The number of aromatic nitrogens is 4. The number of nitrogens with one attached hydrogen (secondary N) is 1. The van der Waals surface area contributed by atoms with Gasteiger partial charge in [0, 0.05) is 5.92 Å². The Balaban J connectivity index is 2.22. The third-order valence-electron chi connectivity index (χ3n) is 4.11. The van der Waals surface area contributed by atoms with Crippen molar-refractivity contribution in [3.8, 4) is 0 Å². The third-order valence-corrected chi connectivity index (χ3v) is 4.11. The summed E-state index contributed by atoms with van der Waals surface area (Å²) in [5.41, 5.74) is 2.40. The summed E-state index contributed by atoms with van der Waals surface area (Å²) in [6.07, 6.45) is 4.18. The molecule has 124 valence electrons. The van der Waals surface area contributed by atoms with Crippen LogP contribution >= 0.6 is 0 Å². The first-order valence-electron chi connectivity index (χ1n) is 8.19. The molecule has 0 amide bonds. The first-order valence-corrected chi connectivity index (χ1v) is 8.19. The monoisotopic (exact) mass is 316 g/mol. The smallest absolute Gasteiger partial charge is 0.307 e. The van der Waals surface area contributed by atoms with E-state index in [1.165, 1.54) is 5.56 Å². The molecule has 1 aromatic heterocycles. The summed E-state index contributed by atoms with van der Waals surface area (Å²) in [4.78, 5) is 11.7. The summed E-state index contributed by atoms with van der Waals surface area (Å²) >= 11 is 0. The number of aryl methyl sites for hydroxylation is 1. The molecule has 0 aliphatic carbocycles. The molecule has 2 rings (SSSR count). The Hall–Kier alpha value is -2.24. The predicted molar refractivity (Wildman–Crippen MR) is 87.1 cm³/mol. The van der Waals surface area contributed by atoms with Crippen LogP contribution in [-0.2, 0) is 17.6 Å². The van der Waals surface area contributed by atoms with Crippen LogP contribution in [0.4, 0.5) is 0 Å². The molecule has 0 saturated carbocycles. The molecule has 0 fully saturated rings. The highest BCUT2D eigenvalue weighted by Crippen LogP contribution is 2.29. The number of rotatable bonds is 9. The quantitative estimate of drug-likeness (QED) is 0.742. The maximum Gasteiger partial charge on any atom is 0.307 e. The molecular formula is C17H24N4O2. The standard InChI is InChI=1S/C17H24N4O2/c1-3-5-12-7-9-13(10-8-12)11-15(16-18-20-21-19-16)14(6-4-2)17(22)23/h7-10,14-15H,3-6,11H2,1-2H3,(H,22,23)(H,18,19,20,21)/t14-,15-/m0/s1. The van der Waals surface area contributed by atoms with Gasteiger partial charge in [-0.25, -0.2) is 0 Å². The van der Waals surface area contributed by atoms with Crippen LogP contribution in [0.1, 0.15) is 56.0 Å². The molecule has 0 radical (unpaired) electrons. The van der Waals surface area contributed by atoms with Gasteiger partial charge in [0.15, 0.2) is 5.82 Å². The number of benzene rings is 1. The second kappa shape index (κ2) is 8.41. The summed E-state index contributed by atoms with van der Waals surface area (Å²) in [5, 5.41) is 23.7. The topological polar surface area (TPSA) is 91.8 Å². The fourth-order valence-electron chi connectivity index (χ4n) is 2.93. The SMILES string of the molecule is CCCc1ccc(C[C@H](c2nn[nH]n2)[C@H](CCC)C(=O)O)cc1. The van der Waals surface area contributed by atoms with Crippen molar-refractivity contribution in [3.05, 3.63) is 41.2 Å². The minimum Gasteiger partial charge on any atom is -0.481 e. The summed E-state index contributed by atoms with van der Waals surface area (Å²) < 4.78 is 0. The molecule has 0 bridgehead atoms. The predicted octanol–water partition coefficient (Wildman–Crippen LogP) is 2.98. The Morgan fingerprint density at radius 1 is 1.17 bits per heavy atom. The number of hydrogen-bond acceptors (Lipinski definition) is 4. The molecule has 0 spiro atoms. The van der Waals surface area contributed by atoms with Crippen molar-refractivity contribution in [2.24, 2.45) is 5.92 Å². The molecular weight excluding hydrogens is 292 g/mol.